The highest BCUT2D eigenvalue weighted by Crippen LogP contribution is 2.50. The van der Waals surface area contributed by atoms with E-state index in [0.717, 1.165) is 40.6 Å². The number of rotatable bonds is 5. The van der Waals surface area contributed by atoms with Gasteiger partial charge in [0, 0.05) is 19.5 Å². The highest BCUT2D eigenvalue weighted by molar-refractivity contribution is 6.31. The number of halogens is 1. The van der Waals surface area contributed by atoms with Crippen LogP contribution in [0.3, 0.4) is 0 Å². The first-order valence-corrected chi connectivity index (χ1v) is 7.39. The molecule has 1 aromatic rings. The van der Waals surface area contributed by atoms with E-state index in [0.29, 0.717) is 0 Å². The van der Waals surface area contributed by atoms with E-state index >= 15 is 0 Å². The average Bonchev–Trinajstić information content (AvgIpc) is 3.18. The van der Waals surface area contributed by atoms with Gasteiger partial charge in [-0.25, -0.2) is 0 Å². The van der Waals surface area contributed by atoms with Gasteiger partial charge in [-0.15, -0.1) is 0 Å². The summed E-state index contributed by atoms with van der Waals surface area (Å²) in [6, 6.07) is 0.247. The first-order chi connectivity index (χ1) is 8.58. The fraction of sp³-hybridized carbons (Fsp3) is 0.786. The third-order valence-corrected chi connectivity index (χ3v) is 5.01. The Kier molecular flexibility index (Phi) is 3.15. The maximum absolute atomic E-state index is 6.48. The average molecular weight is 268 g/mol. The Bertz CT molecular complexity index is 434. The summed E-state index contributed by atoms with van der Waals surface area (Å²) in [6.07, 6.45) is 6.40. The SMILES string of the molecule is Cc1nn(C)c(CC(N)C(C2CC2)C2CC2)c1Cl. The lowest BCUT2D eigenvalue weighted by Crippen LogP contribution is -2.35. The second-order valence-electron chi connectivity index (χ2n) is 6.09. The summed E-state index contributed by atoms with van der Waals surface area (Å²) in [4.78, 5) is 0. The zero-order valence-electron chi connectivity index (χ0n) is 11.2. The maximum atomic E-state index is 6.48. The van der Waals surface area contributed by atoms with Gasteiger partial charge in [-0.3, -0.25) is 4.68 Å². The molecular formula is C14H22ClN3. The molecule has 1 atom stereocenters. The van der Waals surface area contributed by atoms with E-state index in [-0.39, 0.29) is 6.04 Å². The van der Waals surface area contributed by atoms with E-state index in [4.69, 9.17) is 17.3 Å². The van der Waals surface area contributed by atoms with Gasteiger partial charge in [0.25, 0.3) is 0 Å². The molecule has 1 aromatic heterocycles. The summed E-state index contributed by atoms with van der Waals surface area (Å²) in [6.45, 7) is 1.95. The molecule has 4 heteroatoms. The van der Waals surface area contributed by atoms with Crippen LogP contribution in [0.25, 0.3) is 0 Å². The van der Waals surface area contributed by atoms with E-state index in [1.54, 1.807) is 0 Å². The van der Waals surface area contributed by atoms with Gasteiger partial charge in [0.2, 0.25) is 0 Å². The highest BCUT2D eigenvalue weighted by atomic mass is 35.5. The molecular weight excluding hydrogens is 246 g/mol. The number of nitrogens with two attached hydrogens (primary N) is 1. The number of aryl methyl sites for hydroxylation is 2. The minimum atomic E-state index is 0.247. The standard InChI is InChI=1S/C14H22ClN3/c1-8-14(15)12(18(2)17-8)7-11(16)13(9-3-4-9)10-5-6-10/h9-11,13H,3-7,16H2,1-2H3. The second-order valence-corrected chi connectivity index (χ2v) is 6.47. The Labute approximate surface area is 114 Å². The molecule has 3 nitrogen and oxygen atoms in total. The Morgan fingerprint density at radius 3 is 2.28 bits per heavy atom. The van der Waals surface area contributed by atoms with Crippen LogP contribution < -0.4 is 5.73 Å². The van der Waals surface area contributed by atoms with Crippen LogP contribution >= 0.6 is 11.6 Å². The van der Waals surface area contributed by atoms with Crippen LogP contribution in [0.4, 0.5) is 0 Å². The van der Waals surface area contributed by atoms with Crippen LogP contribution in [0.1, 0.15) is 37.1 Å². The molecule has 0 saturated heterocycles. The molecule has 18 heavy (non-hydrogen) atoms. The molecule has 3 rings (SSSR count). The number of aromatic nitrogens is 2. The fourth-order valence-electron chi connectivity index (χ4n) is 3.31. The zero-order valence-corrected chi connectivity index (χ0v) is 12.0. The smallest absolute Gasteiger partial charge is 0.0847 e. The largest absolute Gasteiger partial charge is 0.327 e. The van der Waals surface area contributed by atoms with Crippen molar-refractivity contribution in [1.29, 1.82) is 0 Å². The van der Waals surface area contributed by atoms with Crippen LogP contribution in [0, 0.1) is 24.7 Å². The molecule has 0 radical (unpaired) electrons. The molecule has 1 unspecified atom stereocenters. The van der Waals surface area contributed by atoms with Crippen molar-refractivity contribution in [3.8, 4) is 0 Å². The quantitative estimate of drug-likeness (QED) is 0.891. The summed E-state index contributed by atoms with van der Waals surface area (Å²) >= 11 is 6.31. The van der Waals surface area contributed by atoms with Gasteiger partial charge in [0.1, 0.15) is 0 Å². The van der Waals surface area contributed by atoms with Gasteiger partial charge in [-0.2, -0.15) is 5.10 Å². The van der Waals surface area contributed by atoms with Crippen LogP contribution in [0.15, 0.2) is 0 Å². The predicted molar refractivity (Wildman–Crippen MR) is 73.6 cm³/mol. The zero-order chi connectivity index (χ0) is 12.9. The molecule has 0 aromatic carbocycles. The van der Waals surface area contributed by atoms with Gasteiger partial charge >= 0.3 is 0 Å². The molecule has 2 aliphatic rings. The second kappa shape index (κ2) is 4.53. The number of hydrogen-bond acceptors (Lipinski definition) is 2. The van der Waals surface area contributed by atoms with E-state index in [2.05, 4.69) is 5.10 Å². The van der Waals surface area contributed by atoms with Crippen molar-refractivity contribution in [2.45, 2.75) is 45.1 Å². The topological polar surface area (TPSA) is 43.8 Å². The summed E-state index contributed by atoms with van der Waals surface area (Å²) in [7, 11) is 1.96. The molecule has 1 heterocycles. The third-order valence-electron chi connectivity index (χ3n) is 4.52. The molecule has 0 amide bonds. The van der Waals surface area contributed by atoms with Crippen molar-refractivity contribution in [2.24, 2.45) is 30.5 Å². The van der Waals surface area contributed by atoms with Gasteiger partial charge in [0.05, 0.1) is 16.4 Å². The van der Waals surface area contributed by atoms with Crippen molar-refractivity contribution < 1.29 is 0 Å². The summed E-state index contributed by atoms with van der Waals surface area (Å²) < 4.78 is 1.90. The Hall–Kier alpha value is -0.540. The summed E-state index contributed by atoms with van der Waals surface area (Å²) in [5.41, 5.74) is 8.50. The molecule has 0 bridgehead atoms. The van der Waals surface area contributed by atoms with E-state index in [1.807, 2.05) is 18.7 Å². The van der Waals surface area contributed by atoms with Crippen molar-refractivity contribution in [2.75, 3.05) is 0 Å². The lowest BCUT2D eigenvalue weighted by Gasteiger charge is -2.23. The Morgan fingerprint density at radius 2 is 1.89 bits per heavy atom. The molecule has 2 aliphatic carbocycles. The van der Waals surface area contributed by atoms with E-state index < -0.39 is 0 Å². The van der Waals surface area contributed by atoms with Gasteiger partial charge in [-0.1, -0.05) is 11.6 Å². The molecule has 100 valence electrons. The Morgan fingerprint density at radius 1 is 1.33 bits per heavy atom. The Balaban J connectivity index is 1.74. The fourth-order valence-corrected chi connectivity index (χ4v) is 3.54. The molecule has 0 aliphatic heterocycles. The molecule has 2 N–H and O–H groups in total. The first kappa shape index (κ1) is 12.5. The molecule has 2 fully saturated rings. The van der Waals surface area contributed by atoms with Crippen LogP contribution in [-0.4, -0.2) is 15.8 Å². The lowest BCUT2D eigenvalue weighted by atomic mass is 9.87. The van der Waals surface area contributed by atoms with Crippen LogP contribution in [0.5, 0.6) is 0 Å². The molecule has 0 spiro atoms. The minimum Gasteiger partial charge on any atom is -0.327 e. The first-order valence-electron chi connectivity index (χ1n) is 7.01. The minimum absolute atomic E-state index is 0.247. The monoisotopic (exact) mass is 267 g/mol. The summed E-state index contributed by atoms with van der Waals surface area (Å²) in [5.74, 6) is 2.50. The third kappa shape index (κ3) is 2.30. The van der Waals surface area contributed by atoms with Crippen molar-refractivity contribution in [3.63, 3.8) is 0 Å². The van der Waals surface area contributed by atoms with E-state index in [1.165, 1.54) is 25.7 Å². The number of hydrogen-bond donors (Lipinski definition) is 1. The van der Waals surface area contributed by atoms with Crippen LogP contribution in [-0.2, 0) is 13.5 Å². The van der Waals surface area contributed by atoms with Gasteiger partial charge in [0.15, 0.2) is 0 Å². The van der Waals surface area contributed by atoms with Crippen molar-refractivity contribution >= 4 is 11.6 Å². The number of nitrogens with zero attached hydrogens (tertiary/aromatic N) is 2. The highest BCUT2D eigenvalue weighted by Gasteiger charge is 2.44. The van der Waals surface area contributed by atoms with Crippen molar-refractivity contribution in [1.82, 2.24) is 9.78 Å². The van der Waals surface area contributed by atoms with Gasteiger partial charge in [-0.05, 0) is 50.4 Å². The normalized spacial score (nSPS) is 21.6. The maximum Gasteiger partial charge on any atom is 0.0847 e. The molecule has 2 saturated carbocycles. The van der Waals surface area contributed by atoms with Crippen LogP contribution in [0.2, 0.25) is 5.02 Å². The predicted octanol–water partition coefficient (Wildman–Crippen LogP) is 2.69. The van der Waals surface area contributed by atoms with Crippen molar-refractivity contribution in [3.05, 3.63) is 16.4 Å². The van der Waals surface area contributed by atoms with E-state index in [9.17, 15) is 0 Å². The van der Waals surface area contributed by atoms with Gasteiger partial charge < -0.3 is 5.73 Å². The summed E-state index contributed by atoms with van der Waals surface area (Å²) in [5, 5.41) is 5.18. The lowest BCUT2D eigenvalue weighted by molar-refractivity contribution is 0.324.